The molecule has 1 atom stereocenters. The van der Waals surface area contributed by atoms with E-state index in [4.69, 9.17) is 0 Å². The molecule has 1 fully saturated rings. The lowest BCUT2D eigenvalue weighted by Gasteiger charge is -2.35. The molecule has 0 unspecified atom stereocenters. The van der Waals surface area contributed by atoms with Gasteiger partial charge in [-0.3, -0.25) is 9.88 Å². The van der Waals surface area contributed by atoms with Crippen LogP contribution in [-0.4, -0.2) is 31.0 Å². The average Bonchev–Trinajstić information content (AvgIpc) is 3.21. The molecule has 0 aliphatic carbocycles. The highest BCUT2D eigenvalue weighted by Gasteiger charge is 2.40. The van der Waals surface area contributed by atoms with E-state index in [9.17, 15) is 0 Å². The van der Waals surface area contributed by atoms with Gasteiger partial charge in [-0.05, 0) is 32.4 Å². The van der Waals surface area contributed by atoms with E-state index in [0.29, 0.717) is 0 Å². The van der Waals surface area contributed by atoms with Crippen LogP contribution in [0.3, 0.4) is 0 Å². The highest BCUT2D eigenvalue weighted by molar-refractivity contribution is 7.09. The van der Waals surface area contributed by atoms with Crippen molar-refractivity contribution in [3.8, 4) is 0 Å². The molecule has 0 amide bonds. The minimum Gasteiger partial charge on any atom is -0.287 e. The van der Waals surface area contributed by atoms with Gasteiger partial charge in [-0.1, -0.05) is 0 Å². The van der Waals surface area contributed by atoms with Gasteiger partial charge in [0.1, 0.15) is 0 Å². The molecule has 3 aromatic heterocycles. The molecule has 5 nitrogen and oxygen atoms in total. The summed E-state index contributed by atoms with van der Waals surface area (Å²) in [5.74, 6) is 0. The van der Waals surface area contributed by atoms with Crippen LogP contribution in [-0.2, 0) is 12.1 Å². The van der Waals surface area contributed by atoms with Crippen LogP contribution in [0.15, 0.2) is 36.2 Å². The predicted octanol–water partition coefficient (Wildman–Crippen LogP) is 2.70. The molecule has 3 aromatic rings. The summed E-state index contributed by atoms with van der Waals surface area (Å²) >= 11 is 1.72. The third kappa shape index (κ3) is 2.06. The van der Waals surface area contributed by atoms with Gasteiger partial charge < -0.3 is 0 Å². The van der Waals surface area contributed by atoms with Gasteiger partial charge in [0.2, 0.25) is 0 Å². The smallest absolute Gasteiger partial charge is 0.155 e. The average molecular weight is 299 g/mol. The summed E-state index contributed by atoms with van der Waals surface area (Å²) in [5.41, 5.74) is 4.04. The predicted molar refractivity (Wildman–Crippen MR) is 82.1 cm³/mol. The summed E-state index contributed by atoms with van der Waals surface area (Å²) in [6.45, 7) is 4.38. The Morgan fingerprint density at radius 1 is 1.33 bits per heavy atom. The lowest BCUT2D eigenvalue weighted by molar-refractivity contribution is 0.141. The van der Waals surface area contributed by atoms with Crippen molar-refractivity contribution in [3.05, 3.63) is 46.8 Å². The molecule has 0 spiro atoms. The summed E-state index contributed by atoms with van der Waals surface area (Å²) < 4.78 is 1.98. The molecule has 4 heterocycles. The Labute approximate surface area is 127 Å². The normalized spacial score (nSPS) is 23.1. The quantitative estimate of drug-likeness (QED) is 0.746. The summed E-state index contributed by atoms with van der Waals surface area (Å²) in [6.07, 6.45) is 8.03. The monoisotopic (exact) mass is 299 g/mol. The minimum atomic E-state index is -0.00278. The van der Waals surface area contributed by atoms with Gasteiger partial charge in [-0.25, -0.2) is 9.50 Å². The van der Waals surface area contributed by atoms with Crippen LogP contribution in [0.25, 0.3) is 5.65 Å². The number of thiazole rings is 1. The first-order chi connectivity index (χ1) is 10.3. The number of hydrogen-bond donors (Lipinski definition) is 0. The number of fused-ring (bicyclic) bond motifs is 1. The molecule has 0 N–H and O–H groups in total. The van der Waals surface area contributed by atoms with Crippen LogP contribution < -0.4 is 0 Å². The van der Waals surface area contributed by atoms with E-state index in [0.717, 1.165) is 25.2 Å². The van der Waals surface area contributed by atoms with Gasteiger partial charge in [0.25, 0.3) is 0 Å². The Kier molecular flexibility index (Phi) is 3.01. The molecule has 108 valence electrons. The summed E-state index contributed by atoms with van der Waals surface area (Å²) in [7, 11) is 0. The van der Waals surface area contributed by atoms with Crippen LogP contribution in [0, 0.1) is 0 Å². The second kappa shape index (κ2) is 4.89. The summed E-state index contributed by atoms with van der Waals surface area (Å²) in [6, 6.07) is 4.06. The molecule has 1 saturated heterocycles. The highest BCUT2D eigenvalue weighted by Crippen LogP contribution is 2.39. The molecule has 0 radical (unpaired) electrons. The van der Waals surface area contributed by atoms with Crippen molar-refractivity contribution in [2.75, 3.05) is 6.54 Å². The Balaban J connectivity index is 1.75. The van der Waals surface area contributed by atoms with Gasteiger partial charge in [-0.2, -0.15) is 5.10 Å². The lowest BCUT2D eigenvalue weighted by Crippen LogP contribution is -2.39. The standard InChI is InChI=1S/C15H17N5S/c1-15(13-3-6-17-14-4-7-18-20(13)14)5-2-8-19(15)10-12-9-16-11-21-12/h3-4,6-7,9,11H,2,5,8,10H2,1H3/t15-/m0/s1. The topological polar surface area (TPSA) is 46.3 Å². The van der Waals surface area contributed by atoms with Crippen molar-refractivity contribution in [2.45, 2.75) is 31.8 Å². The zero-order valence-corrected chi connectivity index (χ0v) is 12.8. The molecule has 0 saturated carbocycles. The highest BCUT2D eigenvalue weighted by atomic mass is 32.1. The molecule has 0 aromatic carbocycles. The number of aromatic nitrogens is 4. The van der Waals surface area contributed by atoms with Crippen LogP contribution >= 0.6 is 11.3 Å². The van der Waals surface area contributed by atoms with Crippen molar-refractivity contribution in [1.82, 2.24) is 24.5 Å². The second-order valence-corrected chi connectivity index (χ2v) is 6.67. The maximum Gasteiger partial charge on any atom is 0.155 e. The van der Waals surface area contributed by atoms with Crippen molar-refractivity contribution in [3.63, 3.8) is 0 Å². The fourth-order valence-electron chi connectivity index (χ4n) is 3.31. The van der Waals surface area contributed by atoms with E-state index in [1.54, 1.807) is 11.3 Å². The third-order valence-electron chi connectivity index (χ3n) is 4.46. The van der Waals surface area contributed by atoms with Crippen LogP contribution in [0.1, 0.15) is 30.3 Å². The number of likely N-dealkylation sites (tertiary alicyclic amines) is 1. The van der Waals surface area contributed by atoms with Gasteiger partial charge in [0.15, 0.2) is 5.65 Å². The van der Waals surface area contributed by atoms with E-state index < -0.39 is 0 Å². The Bertz CT molecular complexity index is 750. The van der Waals surface area contributed by atoms with Crippen LogP contribution in [0.4, 0.5) is 0 Å². The lowest BCUT2D eigenvalue weighted by atomic mass is 9.94. The Hall–Kier alpha value is -1.79. The zero-order valence-electron chi connectivity index (χ0n) is 11.9. The van der Waals surface area contributed by atoms with Gasteiger partial charge in [-0.15, -0.1) is 11.3 Å². The maximum atomic E-state index is 4.46. The largest absolute Gasteiger partial charge is 0.287 e. The van der Waals surface area contributed by atoms with E-state index in [2.05, 4.69) is 33.0 Å². The van der Waals surface area contributed by atoms with Crippen molar-refractivity contribution < 1.29 is 0 Å². The molecular weight excluding hydrogens is 282 g/mol. The van der Waals surface area contributed by atoms with Crippen molar-refractivity contribution in [1.29, 1.82) is 0 Å². The first-order valence-electron chi connectivity index (χ1n) is 7.19. The van der Waals surface area contributed by atoms with Crippen LogP contribution in [0.5, 0.6) is 0 Å². The summed E-state index contributed by atoms with van der Waals surface area (Å²) in [5, 5.41) is 4.46. The molecule has 6 heteroatoms. The van der Waals surface area contributed by atoms with Gasteiger partial charge in [0, 0.05) is 29.9 Å². The molecule has 4 rings (SSSR count). The maximum absolute atomic E-state index is 4.46. The Morgan fingerprint density at radius 3 is 3.14 bits per heavy atom. The Morgan fingerprint density at radius 2 is 2.29 bits per heavy atom. The van der Waals surface area contributed by atoms with E-state index in [1.165, 1.54) is 17.0 Å². The first-order valence-corrected chi connectivity index (χ1v) is 8.07. The number of hydrogen-bond acceptors (Lipinski definition) is 5. The zero-order chi connectivity index (χ0) is 14.3. The fraction of sp³-hybridized carbons (Fsp3) is 0.400. The van der Waals surface area contributed by atoms with E-state index >= 15 is 0 Å². The number of rotatable bonds is 3. The van der Waals surface area contributed by atoms with Crippen molar-refractivity contribution >= 4 is 17.0 Å². The molecule has 21 heavy (non-hydrogen) atoms. The van der Waals surface area contributed by atoms with Gasteiger partial charge >= 0.3 is 0 Å². The minimum absolute atomic E-state index is 0.00278. The molecule has 1 aliphatic rings. The van der Waals surface area contributed by atoms with Crippen LogP contribution in [0.2, 0.25) is 0 Å². The summed E-state index contributed by atoms with van der Waals surface area (Å²) in [4.78, 5) is 12.4. The van der Waals surface area contributed by atoms with E-state index in [-0.39, 0.29) is 5.54 Å². The molecular formula is C15H17N5S. The van der Waals surface area contributed by atoms with E-state index in [1.807, 2.05) is 34.7 Å². The SMILES string of the molecule is C[C@@]1(c2ccnc3ccnn23)CCCN1Cc1cncs1. The molecule has 0 bridgehead atoms. The van der Waals surface area contributed by atoms with Gasteiger partial charge in [0.05, 0.1) is 22.9 Å². The number of nitrogens with zero attached hydrogens (tertiary/aromatic N) is 5. The first kappa shape index (κ1) is 12.9. The fourth-order valence-corrected chi connectivity index (χ4v) is 3.92. The second-order valence-electron chi connectivity index (χ2n) is 5.70. The molecule has 1 aliphatic heterocycles. The third-order valence-corrected chi connectivity index (χ3v) is 5.23. The van der Waals surface area contributed by atoms with Crippen molar-refractivity contribution in [2.24, 2.45) is 0 Å².